The van der Waals surface area contributed by atoms with Crippen molar-refractivity contribution < 1.29 is 4.74 Å². The Morgan fingerprint density at radius 3 is 2.75 bits per heavy atom. The molecule has 0 saturated heterocycles. The van der Waals surface area contributed by atoms with Gasteiger partial charge in [-0.2, -0.15) is 10.4 Å². The molecule has 0 amide bonds. The Labute approximate surface area is 102 Å². The largest absolute Gasteiger partial charge is 0.359 e. The molecule has 0 bridgehead atoms. The van der Waals surface area contributed by atoms with Crippen molar-refractivity contribution in [3.8, 4) is 6.07 Å². The molecule has 0 atom stereocenters. The third kappa shape index (κ3) is 4.35. The van der Waals surface area contributed by atoms with Crippen LogP contribution in [0, 0.1) is 11.3 Å². The maximum Gasteiger partial charge on any atom is 0.164 e. The minimum Gasteiger partial charge on any atom is -0.359 e. The van der Waals surface area contributed by atoms with Crippen molar-refractivity contribution in [1.29, 1.82) is 5.26 Å². The van der Waals surface area contributed by atoms with E-state index in [1.54, 1.807) is 0 Å². The first kappa shape index (κ1) is 13.2. The predicted octanol–water partition coefficient (Wildman–Crippen LogP) is 2.72. The molecule has 0 aromatic carbocycles. The number of ether oxygens (including phenoxy) is 1. The lowest BCUT2D eigenvalue weighted by atomic mass is 10.5. The third-order valence-corrected chi connectivity index (χ3v) is 4.06. The van der Waals surface area contributed by atoms with Crippen LogP contribution in [0.4, 0.5) is 0 Å². The number of halogens is 1. The molecular formula is C10H16ClN3OSi. The summed E-state index contributed by atoms with van der Waals surface area (Å²) in [7, 11) is -1.05. The molecule has 0 N–H and O–H groups in total. The molecule has 0 aliphatic heterocycles. The van der Waals surface area contributed by atoms with Crippen LogP contribution in [0.3, 0.4) is 0 Å². The van der Waals surface area contributed by atoms with Gasteiger partial charge < -0.3 is 4.74 Å². The Hall–Kier alpha value is -0.833. The van der Waals surface area contributed by atoms with E-state index < -0.39 is 8.07 Å². The highest BCUT2D eigenvalue weighted by Gasteiger charge is 2.12. The fourth-order valence-electron chi connectivity index (χ4n) is 1.07. The molecule has 0 aliphatic carbocycles. The van der Waals surface area contributed by atoms with Gasteiger partial charge in [0.15, 0.2) is 5.69 Å². The van der Waals surface area contributed by atoms with Crippen LogP contribution < -0.4 is 0 Å². The summed E-state index contributed by atoms with van der Waals surface area (Å²) >= 11 is 5.87. The Kier molecular flexibility index (Phi) is 4.53. The average molecular weight is 258 g/mol. The average Bonchev–Trinajstić information content (AvgIpc) is 2.53. The van der Waals surface area contributed by atoms with Crippen LogP contribution in [-0.4, -0.2) is 24.5 Å². The van der Waals surface area contributed by atoms with Crippen molar-refractivity contribution in [3.63, 3.8) is 0 Å². The number of nitrogens with zero attached hydrogens (tertiary/aromatic N) is 3. The van der Waals surface area contributed by atoms with Gasteiger partial charge in [0, 0.05) is 20.7 Å². The van der Waals surface area contributed by atoms with Crippen LogP contribution in [0.15, 0.2) is 6.07 Å². The predicted molar refractivity (Wildman–Crippen MR) is 66.1 cm³/mol. The molecule has 0 spiro atoms. The highest BCUT2D eigenvalue weighted by molar-refractivity contribution is 6.76. The second-order valence-corrected chi connectivity index (χ2v) is 10.8. The van der Waals surface area contributed by atoms with Crippen molar-refractivity contribution in [2.45, 2.75) is 32.4 Å². The van der Waals surface area contributed by atoms with Crippen molar-refractivity contribution in [2.24, 2.45) is 0 Å². The molecule has 0 aliphatic rings. The highest BCUT2D eigenvalue weighted by atomic mass is 35.5. The van der Waals surface area contributed by atoms with E-state index in [1.807, 2.05) is 6.07 Å². The molecule has 1 rings (SSSR count). The zero-order valence-electron chi connectivity index (χ0n) is 9.83. The minimum absolute atomic E-state index is 0.311. The summed E-state index contributed by atoms with van der Waals surface area (Å²) in [6, 6.07) is 4.58. The summed E-state index contributed by atoms with van der Waals surface area (Å²) in [5.74, 6) is 0. The summed E-state index contributed by atoms with van der Waals surface area (Å²) in [4.78, 5) is 0. The maximum atomic E-state index is 8.63. The number of rotatable bonds is 5. The topological polar surface area (TPSA) is 50.8 Å². The number of aromatic nitrogens is 2. The summed E-state index contributed by atoms with van der Waals surface area (Å²) < 4.78 is 6.97. The first-order valence-corrected chi connectivity index (χ1v) is 9.22. The summed E-state index contributed by atoms with van der Waals surface area (Å²) in [6.07, 6.45) is 0. The van der Waals surface area contributed by atoms with Crippen LogP contribution in [0.1, 0.15) is 5.69 Å². The highest BCUT2D eigenvalue weighted by Crippen LogP contribution is 2.11. The molecule has 88 valence electrons. The molecule has 6 heteroatoms. The van der Waals surface area contributed by atoms with Crippen molar-refractivity contribution in [2.75, 3.05) is 6.61 Å². The molecule has 1 aromatic heterocycles. The van der Waals surface area contributed by atoms with E-state index in [9.17, 15) is 0 Å². The van der Waals surface area contributed by atoms with E-state index >= 15 is 0 Å². The molecular weight excluding hydrogens is 242 g/mol. The van der Waals surface area contributed by atoms with Gasteiger partial charge in [0.05, 0.1) is 0 Å². The zero-order chi connectivity index (χ0) is 12.2. The Bertz CT molecular complexity index is 392. The molecule has 0 fully saturated rings. The van der Waals surface area contributed by atoms with E-state index in [4.69, 9.17) is 21.6 Å². The minimum atomic E-state index is -1.05. The van der Waals surface area contributed by atoms with Crippen LogP contribution in [0.2, 0.25) is 30.8 Å². The molecule has 1 heterocycles. The van der Waals surface area contributed by atoms with Gasteiger partial charge in [-0.25, -0.2) is 4.68 Å². The standard InChI is InChI=1S/C10H16ClN3OSi/c1-16(2,3)5-4-15-8-14-10(11)6-9(7-12)13-14/h6H,4-5,8H2,1-3H3. The second-order valence-electron chi connectivity index (χ2n) is 4.81. The molecule has 4 nitrogen and oxygen atoms in total. The fourth-order valence-corrected chi connectivity index (χ4v) is 2.02. The van der Waals surface area contributed by atoms with Gasteiger partial charge in [-0.05, 0) is 6.04 Å². The first-order valence-electron chi connectivity index (χ1n) is 5.13. The monoisotopic (exact) mass is 257 g/mol. The molecule has 0 saturated carbocycles. The Morgan fingerprint density at radius 2 is 2.25 bits per heavy atom. The van der Waals surface area contributed by atoms with Gasteiger partial charge >= 0.3 is 0 Å². The lowest BCUT2D eigenvalue weighted by Gasteiger charge is -2.15. The van der Waals surface area contributed by atoms with Crippen LogP contribution >= 0.6 is 11.6 Å². The van der Waals surface area contributed by atoms with E-state index in [2.05, 4.69) is 24.7 Å². The van der Waals surface area contributed by atoms with Crippen LogP contribution in [0.5, 0.6) is 0 Å². The van der Waals surface area contributed by atoms with Crippen molar-refractivity contribution >= 4 is 19.7 Å². The molecule has 16 heavy (non-hydrogen) atoms. The first-order chi connectivity index (χ1) is 7.42. The van der Waals surface area contributed by atoms with Gasteiger partial charge in [-0.15, -0.1) is 0 Å². The lowest BCUT2D eigenvalue weighted by Crippen LogP contribution is -2.22. The summed E-state index contributed by atoms with van der Waals surface area (Å²) in [5, 5.41) is 13.0. The maximum absolute atomic E-state index is 8.63. The number of hydrogen-bond donors (Lipinski definition) is 0. The molecule has 1 aromatic rings. The quantitative estimate of drug-likeness (QED) is 0.602. The normalized spacial score (nSPS) is 11.4. The fraction of sp³-hybridized carbons (Fsp3) is 0.600. The smallest absolute Gasteiger partial charge is 0.164 e. The van der Waals surface area contributed by atoms with Gasteiger partial charge in [0.25, 0.3) is 0 Å². The van der Waals surface area contributed by atoms with Crippen LogP contribution in [-0.2, 0) is 11.5 Å². The summed E-state index contributed by atoms with van der Waals surface area (Å²) in [6.45, 7) is 7.92. The number of nitriles is 1. The lowest BCUT2D eigenvalue weighted by molar-refractivity contribution is 0.0787. The van der Waals surface area contributed by atoms with Gasteiger partial charge in [-0.1, -0.05) is 31.2 Å². The van der Waals surface area contributed by atoms with E-state index in [0.717, 1.165) is 6.04 Å². The van der Waals surface area contributed by atoms with Crippen molar-refractivity contribution in [3.05, 3.63) is 16.9 Å². The zero-order valence-corrected chi connectivity index (χ0v) is 11.6. The van der Waals surface area contributed by atoms with Gasteiger partial charge in [-0.3, -0.25) is 0 Å². The Morgan fingerprint density at radius 1 is 1.56 bits per heavy atom. The molecule has 0 radical (unpaired) electrons. The SMILES string of the molecule is C[Si](C)(C)CCOCn1nc(C#N)cc1Cl. The molecule has 0 unspecified atom stereocenters. The van der Waals surface area contributed by atoms with E-state index in [0.29, 0.717) is 24.2 Å². The van der Waals surface area contributed by atoms with Crippen LogP contribution in [0.25, 0.3) is 0 Å². The van der Waals surface area contributed by atoms with Gasteiger partial charge in [0.1, 0.15) is 18.0 Å². The van der Waals surface area contributed by atoms with Gasteiger partial charge in [0.2, 0.25) is 0 Å². The Balaban J connectivity index is 2.38. The van der Waals surface area contributed by atoms with E-state index in [-0.39, 0.29) is 0 Å². The number of hydrogen-bond acceptors (Lipinski definition) is 3. The van der Waals surface area contributed by atoms with E-state index in [1.165, 1.54) is 10.7 Å². The van der Waals surface area contributed by atoms with Crippen molar-refractivity contribution in [1.82, 2.24) is 9.78 Å². The second kappa shape index (κ2) is 5.48. The third-order valence-electron chi connectivity index (χ3n) is 2.06. The summed E-state index contributed by atoms with van der Waals surface area (Å²) in [5.41, 5.74) is 0.318.